The van der Waals surface area contributed by atoms with Crippen molar-refractivity contribution in [2.24, 2.45) is 0 Å². The van der Waals surface area contributed by atoms with E-state index in [1.54, 1.807) is 12.1 Å². The summed E-state index contributed by atoms with van der Waals surface area (Å²) in [7, 11) is 0. The zero-order valence-corrected chi connectivity index (χ0v) is 22.5. The summed E-state index contributed by atoms with van der Waals surface area (Å²) in [5.74, 6) is -0.484. The molecule has 0 unspecified atom stereocenters. The van der Waals surface area contributed by atoms with Gasteiger partial charge in [0.05, 0.1) is 31.4 Å². The predicted molar refractivity (Wildman–Crippen MR) is 147 cm³/mol. The molecule has 1 N–H and O–H groups in total. The molecule has 4 rings (SSSR count). The second kappa shape index (κ2) is 12.5. The van der Waals surface area contributed by atoms with Crippen molar-refractivity contribution in [3.05, 3.63) is 94.6 Å². The quantitative estimate of drug-likeness (QED) is 0.312. The van der Waals surface area contributed by atoms with E-state index in [1.807, 2.05) is 42.5 Å². The third kappa shape index (κ3) is 6.74. The number of esters is 1. The fraction of sp³-hybridized carbons (Fsp3) is 0.375. The second-order valence-electron chi connectivity index (χ2n) is 10.4. The Labute approximate surface area is 224 Å². The Morgan fingerprint density at radius 1 is 1.03 bits per heavy atom. The Balaban J connectivity index is 1.84. The molecule has 1 fully saturated rings. The predicted octanol–water partition coefficient (Wildman–Crippen LogP) is 6.93. The Bertz CT molecular complexity index is 1270. The third-order valence-corrected chi connectivity index (χ3v) is 6.65. The number of halogens is 1. The molecule has 6 heteroatoms. The van der Waals surface area contributed by atoms with Crippen LogP contribution in [-0.4, -0.2) is 28.3 Å². The lowest BCUT2D eigenvalue weighted by Crippen LogP contribution is -2.31. The van der Waals surface area contributed by atoms with E-state index in [0.717, 1.165) is 39.2 Å². The van der Waals surface area contributed by atoms with Gasteiger partial charge in [-0.1, -0.05) is 76.2 Å². The first kappa shape index (κ1) is 27.7. The molecule has 1 aromatic heterocycles. The molecule has 0 aliphatic carbocycles. The lowest BCUT2D eigenvalue weighted by Gasteiger charge is -2.25. The average Bonchev–Trinajstić information content (AvgIpc) is 2.87. The number of cyclic esters (lactones) is 1. The molecule has 0 spiro atoms. The number of hydrogen-bond acceptors (Lipinski definition) is 5. The highest BCUT2D eigenvalue weighted by atomic mass is 19.1. The second-order valence-corrected chi connectivity index (χ2v) is 10.4. The number of aliphatic hydroxyl groups is 1. The molecule has 1 aliphatic rings. The number of carbonyl (C=O) groups excluding carboxylic acids is 1. The standard InChI is InChI=1S/C32H36FNO4/c1-20(2)31-27(15-14-26-16-25(35)17-29(36)38-26)30(23-10-12-24(33)13-11-23)28(32(34-31)21(3)4)19-37-18-22-8-6-5-7-9-22/h5-15,20-21,25-26,35H,16-19H2,1-4H3/t25-,26-/m0/s1. The van der Waals surface area contributed by atoms with Gasteiger partial charge in [-0.3, -0.25) is 9.78 Å². The SMILES string of the molecule is CC(C)c1nc(C(C)C)c(COCc2ccccc2)c(-c2ccc(F)cc2)c1C=C[C@H]1C[C@H](O)CC(=O)O1. The molecule has 1 saturated heterocycles. The maximum absolute atomic E-state index is 13.9. The molecular weight excluding hydrogens is 481 g/mol. The normalized spacial score (nSPS) is 17.9. The van der Waals surface area contributed by atoms with Gasteiger partial charge in [0.25, 0.3) is 0 Å². The fourth-order valence-corrected chi connectivity index (χ4v) is 4.83. The Hall–Kier alpha value is -3.35. The summed E-state index contributed by atoms with van der Waals surface area (Å²) in [5.41, 5.74) is 6.54. The van der Waals surface area contributed by atoms with Crippen molar-refractivity contribution in [1.82, 2.24) is 4.98 Å². The van der Waals surface area contributed by atoms with Crippen LogP contribution < -0.4 is 0 Å². The number of carbonyl (C=O) groups is 1. The first-order valence-corrected chi connectivity index (χ1v) is 13.2. The summed E-state index contributed by atoms with van der Waals surface area (Å²) >= 11 is 0. The van der Waals surface area contributed by atoms with Crippen LogP contribution in [0.25, 0.3) is 17.2 Å². The molecule has 3 aromatic rings. The van der Waals surface area contributed by atoms with Gasteiger partial charge < -0.3 is 14.6 Å². The summed E-state index contributed by atoms with van der Waals surface area (Å²) in [6.45, 7) is 9.19. The van der Waals surface area contributed by atoms with Crippen LogP contribution in [0.15, 0.2) is 60.7 Å². The van der Waals surface area contributed by atoms with Crippen molar-refractivity contribution < 1.29 is 23.8 Å². The molecule has 0 saturated carbocycles. The highest BCUT2D eigenvalue weighted by Crippen LogP contribution is 2.38. The largest absolute Gasteiger partial charge is 0.458 e. The van der Waals surface area contributed by atoms with Crippen LogP contribution in [0.2, 0.25) is 0 Å². The van der Waals surface area contributed by atoms with Crippen molar-refractivity contribution in [3.8, 4) is 11.1 Å². The van der Waals surface area contributed by atoms with E-state index in [1.165, 1.54) is 12.1 Å². The number of aliphatic hydroxyl groups excluding tert-OH is 1. The van der Waals surface area contributed by atoms with E-state index in [0.29, 0.717) is 19.6 Å². The summed E-state index contributed by atoms with van der Waals surface area (Å²) in [6.07, 6.45) is 2.85. The third-order valence-electron chi connectivity index (χ3n) is 6.65. The van der Waals surface area contributed by atoms with Gasteiger partial charge in [-0.25, -0.2) is 4.39 Å². The lowest BCUT2D eigenvalue weighted by molar-refractivity contribution is -0.156. The molecule has 0 amide bonds. The summed E-state index contributed by atoms with van der Waals surface area (Å²) in [6, 6.07) is 16.5. The van der Waals surface area contributed by atoms with E-state index < -0.39 is 18.2 Å². The molecule has 200 valence electrons. The van der Waals surface area contributed by atoms with Crippen LogP contribution in [0.1, 0.15) is 80.5 Å². The van der Waals surface area contributed by atoms with Crippen LogP contribution in [-0.2, 0) is 27.5 Å². The Kier molecular flexibility index (Phi) is 9.08. The Morgan fingerprint density at radius 2 is 1.71 bits per heavy atom. The molecule has 2 aromatic carbocycles. The summed E-state index contributed by atoms with van der Waals surface area (Å²) in [5, 5.41) is 10.1. The first-order valence-electron chi connectivity index (χ1n) is 13.2. The van der Waals surface area contributed by atoms with Gasteiger partial charge in [0.2, 0.25) is 0 Å². The van der Waals surface area contributed by atoms with Crippen LogP contribution >= 0.6 is 0 Å². The van der Waals surface area contributed by atoms with Gasteiger partial charge in [0.15, 0.2) is 0 Å². The number of aromatic nitrogens is 1. The molecule has 0 bridgehead atoms. The van der Waals surface area contributed by atoms with Crippen molar-refractivity contribution in [2.45, 2.75) is 77.8 Å². The number of hydrogen-bond donors (Lipinski definition) is 1. The van der Waals surface area contributed by atoms with E-state index in [2.05, 4.69) is 27.7 Å². The molecule has 2 heterocycles. The van der Waals surface area contributed by atoms with E-state index in [9.17, 15) is 14.3 Å². The van der Waals surface area contributed by atoms with Crippen molar-refractivity contribution in [3.63, 3.8) is 0 Å². The number of nitrogens with zero attached hydrogens (tertiary/aromatic N) is 1. The topological polar surface area (TPSA) is 68.7 Å². The average molecular weight is 518 g/mol. The highest BCUT2D eigenvalue weighted by Gasteiger charge is 2.27. The van der Waals surface area contributed by atoms with Crippen LogP contribution in [0.3, 0.4) is 0 Å². The first-order chi connectivity index (χ1) is 18.2. The number of benzene rings is 2. The Morgan fingerprint density at radius 3 is 2.34 bits per heavy atom. The molecule has 1 aliphatic heterocycles. The molecule has 0 radical (unpaired) electrons. The van der Waals surface area contributed by atoms with Gasteiger partial charge in [-0.05, 0) is 46.7 Å². The maximum Gasteiger partial charge on any atom is 0.309 e. The molecule has 2 atom stereocenters. The van der Waals surface area contributed by atoms with Crippen LogP contribution in [0.5, 0.6) is 0 Å². The number of rotatable bonds is 9. The zero-order chi connectivity index (χ0) is 27.2. The van der Waals surface area contributed by atoms with Crippen molar-refractivity contribution >= 4 is 12.0 Å². The van der Waals surface area contributed by atoms with Gasteiger partial charge >= 0.3 is 5.97 Å². The van der Waals surface area contributed by atoms with Gasteiger partial charge in [0.1, 0.15) is 11.9 Å². The van der Waals surface area contributed by atoms with Gasteiger partial charge in [-0.2, -0.15) is 0 Å². The summed E-state index contributed by atoms with van der Waals surface area (Å²) < 4.78 is 25.6. The zero-order valence-electron chi connectivity index (χ0n) is 22.5. The molecular formula is C32H36FNO4. The number of ether oxygens (including phenoxy) is 2. The van der Waals surface area contributed by atoms with Crippen molar-refractivity contribution in [2.75, 3.05) is 0 Å². The van der Waals surface area contributed by atoms with Crippen LogP contribution in [0, 0.1) is 5.82 Å². The van der Waals surface area contributed by atoms with E-state index >= 15 is 0 Å². The van der Waals surface area contributed by atoms with E-state index in [4.69, 9.17) is 14.5 Å². The minimum Gasteiger partial charge on any atom is -0.458 e. The maximum atomic E-state index is 13.9. The summed E-state index contributed by atoms with van der Waals surface area (Å²) in [4.78, 5) is 17.1. The molecule has 5 nitrogen and oxygen atoms in total. The minimum absolute atomic E-state index is 0.00988. The minimum atomic E-state index is -0.726. The highest BCUT2D eigenvalue weighted by molar-refractivity contribution is 5.80. The van der Waals surface area contributed by atoms with Gasteiger partial charge in [-0.15, -0.1) is 0 Å². The fourth-order valence-electron chi connectivity index (χ4n) is 4.83. The smallest absolute Gasteiger partial charge is 0.309 e. The molecule has 38 heavy (non-hydrogen) atoms. The lowest BCUT2D eigenvalue weighted by atomic mass is 9.87. The monoisotopic (exact) mass is 517 g/mol. The van der Waals surface area contributed by atoms with Crippen LogP contribution in [0.4, 0.5) is 4.39 Å². The van der Waals surface area contributed by atoms with Crippen molar-refractivity contribution in [1.29, 1.82) is 0 Å². The number of pyridine rings is 1. The van der Waals surface area contributed by atoms with Gasteiger partial charge in [0, 0.05) is 23.2 Å². The van der Waals surface area contributed by atoms with E-state index in [-0.39, 0.29) is 24.1 Å².